The summed E-state index contributed by atoms with van der Waals surface area (Å²) in [5, 5.41) is 3.37. The van der Waals surface area contributed by atoms with E-state index in [1.807, 2.05) is 56.3 Å². The SMILES string of the molecule is COc1cccc(-c2cc(C(=O)Nc3cc4ccc(OCCN(C)C)c(C)c4oc3=O)ccc2OC)c1. The molecule has 0 aliphatic carbocycles. The van der Waals surface area contributed by atoms with Crippen LogP contribution in [-0.4, -0.2) is 52.3 Å². The number of rotatable bonds is 9. The van der Waals surface area contributed by atoms with Crippen molar-refractivity contribution in [1.82, 2.24) is 4.90 Å². The van der Waals surface area contributed by atoms with Crippen LogP contribution in [0.5, 0.6) is 17.2 Å². The van der Waals surface area contributed by atoms with Crippen LogP contribution in [0, 0.1) is 6.92 Å². The summed E-state index contributed by atoms with van der Waals surface area (Å²) in [5.74, 6) is 1.50. The molecule has 8 nitrogen and oxygen atoms in total. The van der Waals surface area contributed by atoms with Crippen molar-refractivity contribution in [2.75, 3.05) is 46.8 Å². The first-order valence-corrected chi connectivity index (χ1v) is 11.8. The molecule has 4 aromatic rings. The lowest BCUT2D eigenvalue weighted by molar-refractivity contribution is 0.102. The van der Waals surface area contributed by atoms with Crippen LogP contribution in [0.3, 0.4) is 0 Å². The molecule has 1 amide bonds. The average Bonchev–Trinajstić information content (AvgIpc) is 2.90. The Kier molecular flexibility index (Phi) is 7.79. The molecule has 0 aliphatic rings. The zero-order chi connectivity index (χ0) is 26.5. The van der Waals surface area contributed by atoms with Crippen LogP contribution in [0.15, 0.2) is 69.9 Å². The van der Waals surface area contributed by atoms with Crippen LogP contribution in [0.25, 0.3) is 22.1 Å². The lowest BCUT2D eigenvalue weighted by atomic mass is 10.0. The summed E-state index contributed by atoms with van der Waals surface area (Å²) in [6.07, 6.45) is 0. The predicted molar refractivity (Wildman–Crippen MR) is 144 cm³/mol. The Morgan fingerprint density at radius 2 is 1.76 bits per heavy atom. The number of fused-ring (bicyclic) bond motifs is 1. The molecular formula is C29H30N2O6. The van der Waals surface area contributed by atoms with Crippen LogP contribution in [0.4, 0.5) is 5.69 Å². The monoisotopic (exact) mass is 502 g/mol. The van der Waals surface area contributed by atoms with Gasteiger partial charge in [0.2, 0.25) is 0 Å². The molecule has 0 spiro atoms. The number of carbonyl (C=O) groups excluding carboxylic acids is 1. The van der Waals surface area contributed by atoms with E-state index >= 15 is 0 Å². The largest absolute Gasteiger partial charge is 0.497 e. The Morgan fingerprint density at radius 1 is 0.973 bits per heavy atom. The maximum absolute atomic E-state index is 13.1. The Morgan fingerprint density at radius 3 is 2.49 bits per heavy atom. The van der Waals surface area contributed by atoms with E-state index in [2.05, 4.69) is 5.32 Å². The first kappa shape index (κ1) is 25.8. The van der Waals surface area contributed by atoms with Crippen molar-refractivity contribution in [1.29, 1.82) is 0 Å². The highest BCUT2D eigenvalue weighted by molar-refractivity contribution is 6.05. The Bertz CT molecular complexity index is 1490. The van der Waals surface area contributed by atoms with E-state index in [1.165, 1.54) is 0 Å². The topological polar surface area (TPSA) is 90.2 Å². The van der Waals surface area contributed by atoms with Gasteiger partial charge in [-0.2, -0.15) is 0 Å². The van der Waals surface area contributed by atoms with Gasteiger partial charge < -0.3 is 28.8 Å². The van der Waals surface area contributed by atoms with Gasteiger partial charge in [-0.1, -0.05) is 12.1 Å². The number of nitrogens with zero attached hydrogens (tertiary/aromatic N) is 1. The van der Waals surface area contributed by atoms with Gasteiger partial charge in [0.25, 0.3) is 5.91 Å². The molecule has 0 atom stereocenters. The number of benzene rings is 3. The smallest absolute Gasteiger partial charge is 0.360 e. The van der Waals surface area contributed by atoms with Crippen LogP contribution >= 0.6 is 0 Å². The lowest BCUT2D eigenvalue weighted by Crippen LogP contribution is -2.19. The second-order valence-electron chi connectivity index (χ2n) is 8.81. The second kappa shape index (κ2) is 11.2. The minimum Gasteiger partial charge on any atom is -0.497 e. The van der Waals surface area contributed by atoms with Gasteiger partial charge in [-0.3, -0.25) is 4.79 Å². The van der Waals surface area contributed by atoms with E-state index in [-0.39, 0.29) is 5.69 Å². The first-order chi connectivity index (χ1) is 17.8. The first-order valence-electron chi connectivity index (χ1n) is 11.8. The normalized spacial score (nSPS) is 11.0. The van der Waals surface area contributed by atoms with Crippen molar-refractivity contribution in [3.05, 3.63) is 82.2 Å². The zero-order valence-electron chi connectivity index (χ0n) is 21.6. The van der Waals surface area contributed by atoms with Crippen LogP contribution in [-0.2, 0) is 0 Å². The summed E-state index contributed by atoms with van der Waals surface area (Å²) < 4.78 is 22.3. The third-order valence-corrected chi connectivity index (χ3v) is 5.99. The maximum Gasteiger partial charge on any atom is 0.360 e. The average molecular weight is 503 g/mol. The summed E-state index contributed by atoms with van der Waals surface area (Å²) in [5.41, 5.74) is 2.47. The Labute approximate surface area is 215 Å². The van der Waals surface area contributed by atoms with Gasteiger partial charge in [-0.25, -0.2) is 4.79 Å². The molecular weight excluding hydrogens is 472 g/mol. The second-order valence-corrected chi connectivity index (χ2v) is 8.81. The Hall–Kier alpha value is -4.30. The number of aryl methyl sites for hydroxylation is 1. The Balaban J connectivity index is 1.61. The summed E-state index contributed by atoms with van der Waals surface area (Å²) in [6.45, 7) is 3.11. The van der Waals surface area contributed by atoms with Crippen molar-refractivity contribution in [3.63, 3.8) is 0 Å². The van der Waals surface area contributed by atoms with Crippen molar-refractivity contribution in [3.8, 4) is 28.4 Å². The molecule has 3 aromatic carbocycles. The third-order valence-electron chi connectivity index (χ3n) is 5.99. The van der Waals surface area contributed by atoms with Gasteiger partial charge >= 0.3 is 5.63 Å². The van der Waals surface area contributed by atoms with Crippen molar-refractivity contribution < 1.29 is 23.4 Å². The summed E-state index contributed by atoms with van der Waals surface area (Å²) >= 11 is 0. The van der Waals surface area contributed by atoms with Crippen molar-refractivity contribution in [2.24, 2.45) is 0 Å². The molecule has 0 fully saturated rings. The number of methoxy groups -OCH3 is 2. The van der Waals surface area contributed by atoms with Gasteiger partial charge in [0, 0.05) is 28.6 Å². The number of amides is 1. The van der Waals surface area contributed by atoms with Gasteiger partial charge in [-0.05, 0) is 75.1 Å². The molecule has 1 heterocycles. The standard InChI is InChI=1S/C29H30N2O6/c1-18-25(36-14-13-31(2)3)11-9-20-17-24(29(33)37-27(18)20)30-28(32)21-10-12-26(35-5)23(16-21)19-7-6-8-22(15-19)34-4/h6-12,15-17H,13-14H2,1-5H3,(H,30,32). The van der Waals surface area contributed by atoms with E-state index < -0.39 is 11.5 Å². The summed E-state index contributed by atoms with van der Waals surface area (Å²) in [6, 6.07) is 17.8. The number of nitrogens with one attached hydrogen (secondary N) is 1. The fourth-order valence-electron chi connectivity index (χ4n) is 3.95. The van der Waals surface area contributed by atoms with E-state index in [9.17, 15) is 9.59 Å². The van der Waals surface area contributed by atoms with E-state index in [4.69, 9.17) is 18.6 Å². The summed E-state index contributed by atoms with van der Waals surface area (Å²) in [7, 11) is 7.10. The molecule has 37 heavy (non-hydrogen) atoms. The van der Waals surface area contributed by atoms with Crippen molar-refractivity contribution in [2.45, 2.75) is 6.92 Å². The maximum atomic E-state index is 13.1. The zero-order valence-corrected chi connectivity index (χ0v) is 21.6. The minimum atomic E-state index is -0.643. The van der Waals surface area contributed by atoms with Gasteiger partial charge in [0.05, 0.1) is 14.2 Å². The number of carbonyl (C=O) groups is 1. The van der Waals surface area contributed by atoms with E-state index in [0.717, 1.165) is 23.2 Å². The molecule has 0 unspecified atom stereocenters. The molecule has 0 saturated heterocycles. The van der Waals surface area contributed by atoms with E-state index in [1.54, 1.807) is 44.6 Å². The molecule has 0 saturated carbocycles. The highest BCUT2D eigenvalue weighted by Crippen LogP contribution is 2.33. The molecule has 192 valence electrons. The minimum absolute atomic E-state index is 0.0527. The van der Waals surface area contributed by atoms with Crippen LogP contribution in [0.2, 0.25) is 0 Å². The molecule has 0 bridgehead atoms. The number of ether oxygens (including phenoxy) is 3. The van der Waals surface area contributed by atoms with Gasteiger partial charge in [0.1, 0.15) is 35.1 Å². The highest BCUT2D eigenvalue weighted by Gasteiger charge is 2.16. The third kappa shape index (κ3) is 5.76. The quantitative estimate of drug-likeness (QED) is 0.323. The van der Waals surface area contributed by atoms with Gasteiger partial charge in [-0.15, -0.1) is 0 Å². The van der Waals surface area contributed by atoms with E-state index in [0.29, 0.717) is 40.4 Å². The fourth-order valence-corrected chi connectivity index (χ4v) is 3.95. The molecule has 0 radical (unpaired) electrons. The molecule has 4 rings (SSSR count). The summed E-state index contributed by atoms with van der Waals surface area (Å²) in [4.78, 5) is 27.9. The molecule has 1 N–H and O–H groups in total. The number of likely N-dealkylation sites (N-methyl/N-ethyl adjacent to an activating group) is 1. The van der Waals surface area contributed by atoms with Gasteiger partial charge in [0.15, 0.2) is 0 Å². The molecule has 0 aliphatic heterocycles. The number of hydrogen-bond acceptors (Lipinski definition) is 7. The number of hydrogen-bond donors (Lipinski definition) is 1. The van der Waals surface area contributed by atoms with Crippen LogP contribution < -0.4 is 25.2 Å². The molecule has 1 aromatic heterocycles. The highest BCUT2D eigenvalue weighted by atomic mass is 16.5. The molecule has 8 heteroatoms. The predicted octanol–water partition coefficient (Wildman–Crippen LogP) is 4.98. The lowest BCUT2D eigenvalue weighted by Gasteiger charge is -2.14. The van der Waals surface area contributed by atoms with Crippen molar-refractivity contribution >= 4 is 22.6 Å². The van der Waals surface area contributed by atoms with Crippen LogP contribution in [0.1, 0.15) is 15.9 Å². The fraction of sp³-hybridized carbons (Fsp3) is 0.241. The number of anilines is 1.